The smallest absolute Gasteiger partial charge is 0.260 e. The number of carbonyl (C=O) groups excluding carboxylic acids is 1. The zero-order valence-corrected chi connectivity index (χ0v) is 12.7. The molecule has 2 rings (SSSR count). The van der Waals surface area contributed by atoms with E-state index in [9.17, 15) is 4.79 Å². The monoisotopic (exact) mass is 316 g/mol. The Morgan fingerprint density at radius 1 is 1.30 bits per heavy atom. The number of likely N-dealkylation sites (tertiary alicyclic amines) is 1. The highest BCUT2D eigenvalue weighted by Crippen LogP contribution is 2.24. The van der Waals surface area contributed by atoms with Gasteiger partial charge in [0.1, 0.15) is 5.75 Å². The van der Waals surface area contributed by atoms with E-state index in [0.717, 1.165) is 25.8 Å². The van der Waals surface area contributed by atoms with Crippen LogP contribution in [-0.4, -0.2) is 36.5 Å². The molecule has 0 aliphatic carbocycles. The summed E-state index contributed by atoms with van der Waals surface area (Å²) in [5, 5.41) is 0.968. The summed E-state index contributed by atoms with van der Waals surface area (Å²) in [5.74, 6) is 0.452. The van der Waals surface area contributed by atoms with Crippen molar-refractivity contribution in [1.82, 2.24) is 4.90 Å². The van der Waals surface area contributed by atoms with E-state index in [1.807, 2.05) is 4.90 Å². The molecule has 0 spiro atoms. The van der Waals surface area contributed by atoms with Gasteiger partial charge in [0, 0.05) is 29.2 Å². The van der Waals surface area contributed by atoms with Crippen molar-refractivity contribution in [3.05, 3.63) is 28.2 Å². The van der Waals surface area contributed by atoms with Gasteiger partial charge in [0.25, 0.3) is 5.91 Å². The van der Waals surface area contributed by atoms with Gasteiger partial charge in [-0.1, -0.05) is 23.2 Å². The normalized spacial score (nSPS) is 18.9. The fourth-order valence-corrected chi connectivity index (χ4v) is 2.92. The van der Waals surface area contributed by atoms with Crippen LogP contribution in [0, 0.1) is 0 Å². The van der Waals surface area contributed by atoms with Gasteiger partial charge in [-0.15, -0.1) is 0 Å². The molecule has 4 nitrogen and oxygen atoms in total. The maximum Gasteiger partial charge on any atom is 0.260 e. The third-order valence-electron chi connectivity index (χ3n) is 3.42. The molecule has 1 aliphatic rings. The largest absolute Gasteiger partial charge is 0.484 e. The number of amides is 1. The topological polar surface area (TPSA) is 55.6 Å². The van der Waals surface area contributed by atoms with E-state index in [4.69, 9.17) is 33.7 Å². The molecule has 1 saturated heterocycles. The quantitative estimate of drug-likeness (QED) is 0.929. The first kappa shape index (κ1) is 15.4. The molecule has 1 aromatic rings. The van der Waals surface area contributed by atoms with Crippen molar-refractivity contribution in [2.24, 2.45) is 5.73 Å². The van der Waals surface area contributed by atoms with Gasteiger partial charge >= 0.3 is 0 Å². The Bertz CT molecular complexity index is 462. The minimum Gasteiger partial charge on any atom is -0.484 e. The van der Waals surface area contributed by atoms with Crippen molar-refractivity contribution in [3.8, 4) is 5.75 Å². The fourth-order valence-electron chi connectivity index (χ4n) is 2.41. The molecule has 1 fully saturated rings. The molecule has 1 atom stereocenters. The number of hydrogen-bond acceptors (Lipinski definition) is 3. The van der Waals surface area contributed by atoms with E-state index in [-0.39, 0.29) is 18.6 Å². The minimum absolute atomic E-state index is 0.0207. The molecular formula is C14H18Cl2N2O2. The Labute approximate surface area is 128 Å². The predicted octanol–water partition coefficient (Wildman–Crippen LogP) is 2.71. The summed E-state index contributed by atoms with van der Waals surface area (Å²) in [6.45, 7) is 1.22. The lowest BCUT2D eigenvalue weighted by molar-refractivity contribution is -0.136. The van der Waals surface area contributed by atoms with Crippen molar-refractivity contribution in [3.63, 3.8) is 0 Å². The third-order valence-corrected chi connectivity index (χ3v) is 3.85. The van der Waals surface area contributed by atoms with Gasteiger partial charge < -0.3 is 15.4 Å². The number of ether oxygens (including phenoxy) is 1. The second-order valence-electron chi connectivity index (χ2n) is 4.87. The number of rotatable bonds is 4. The Balaban J connectivity index is 1.94. The maximum atomic E-state index is 12.2. The summed E-state index contributed by atoms with van der Waals surface area (Å²) < 4.78 is 5.47. The van der Waals surface area contributed by atoms with Gasteiger partial charge in [-0.25, -0.2) is 0 Å². The van der Waals surface area contributed by atoms with E-state index in [1.165, 1.54) is 0 Å². The first-order valence-electron chi connectivity index (χ1n) is 6.68. The Kier molecular flexibility index (Phi) is 5.52. The highest BCUT2D eigenvalue weighted by atomic mass is 35.5. The lowest BCUT2D eigenvalue weighted by Crippen LogP contribution is -2.49. The molecule has 110 valence electrons. The van der Waals surface area contributed by atoms with Crippen LogP contribution in [0.5, 0.6) is 5.75 Å². The fraction of sp³-hybridized carbons (Fsp3) is 0.500. The van der Waals surface area contributed by atoms with Crippen LogP contribution >= 0.6 is 23.2 Å². The molecule has 0 saturated carbocycles. The zero-order valence-electron chi connectivity index (χ0n) is 11.1. The SMILES string of the molecule is NCC1CCCCN1C(=O)COc1cc(Cl)cc(Cl)c1. The summed E-state index contributed by atoms with van der Waals surface area (Å²) in [4.78, 5) is 14.0. The van der Waals surface area contributed by atoms with Crippen molar-refractivity contribution in [2.45, 2.75) is 25.3 Å². The average Bonchev–Trinajstić information content (AvgIpc) is 2.43. The van der Waals surface area contributed by atoms with E-state index in [2.05, 4.69) is 0 Å². The van der Waals surface area contributed by atoms with E-state index < -0.39 is 0 Å². The number of halogens is 2. The second kappa shape index (κ2) is 7.16. The maximum absolute atomic E-state index is 12.2. The van der Waals surface area contributed by atoms with Crippen LogP contribution in [0.1, 0.15) is 19.3 Å². The number of benzene rings is 1. The Morgan fingerprint density at radius 2 is 2.00 bits per heavy atom. The molecule has 1 unspecified atom stereocenters. The van der Waals surface area contributed by atoms with Gasteiger partial charge in [0.05, 0.1) is 0 Å². The predicted molar refractivity (Wildman–Crippen MR) is 80.4 cm³/mol. The van der Waals surface area contributed by atoms with Crippen molar-refractivity contribution < 1.29 is 9.53 Å². The minimum atomic E-state index is -0.0451. The highest BCUT2D eigenvalue weighted by Gasteiger charge is 2.25. The van der Waals surface area contributed by atoms with Crippen LogP contribution in [0.4, 0.5) is 0 Å². The number of nitrogens with zero attached hydrogens (tertiary/aromatic N) is 1. The van der Waals surface area contributed by atoms with Crippen LogP contribution in [0.2, 0.25) is 10.0 Å². The van der Waals surface area contributed by atoms with Gasteiger partial charge in [-0.2, -0.15) is 0 Å². The molecule has 0 aromatic heterocycles. The third kappa shape index (κ3) is 4.01. The summed E-state index contributed by atoms with van der Waals surface area (Å²) in [5.41, 5.74) is 5.71. The molecular weight excluding hydrogens is 299 g/mol. The second-order valence-corrected chi connectivity index (χ2v) is 5.74. The van der Waals surface area contributed by atoms with Crippen molar-refractivity contribution in [1.29, 1.82) is 0 Å². The molecule has 1 heterocycles. The standard InChI is InChI=1S/C14H18Cl2N2O2/c15-10-5-11(16)7-13(6-10)20-9-14(19)18-4-2-1-3-12(18)8-17/h5-7,12H,1-4,8-9,17H2. The van der Waals surface area contributed by atoms with Gasteiger partial charge in [0.2, 0.25) is 0 Å². The first-order valence-corrected chi connectivity index (χ1v) is 7.44. The lowest BCUT2D eigenvalue weighted by atomic mass is 10.0. The molecule has 1 aromatic carbocycles. The Morgan fingerprint density at radius 3 is 2.65 bits per heavy atom. The summed E-state index contributed by atoms with van der Waals surface area (Å²) in [6.07, 6.45) is 3.10. The van der Waals surface area contributed by atoms with Gasteiger partial charge in [-0.3, -0.25) is 4.79 Å². The molecule has 0 bridgehead atoms. The molecule has 1 amide bonds. The van der Waals surface area contributed by atoms with Gasteiger partial charge in [-0.05, 0) is 37.5 Å². The molecule has 2 N–H and O–H groups in total. The molecule has 0 radical (unpaired) electrons. The number of hydrogen-bond donors (Lipinski definition) is 1. The van der Waals surface area contributed by atoms with E-state index >= 15 is 0 Å². The van der Waals surface area contributed by atoms with Crippen molar-refractivity contribution >= 4 is 29.1 Å². The summed E-state index contributed by atoms with van der Waals surface area (Å²) in [6, 6.07) is 5.02. The van der Waals surface area contributed by atoms with E-state index in [0.29, 0.717) is 22.3 Å². The van der Waals surface area contributed by atoms with Crippen LogP contribution in [0.15, 0.2) is 18.2 Å². The van der Waals surface area contributed by atoms with Crippen LogP contribution in [0.25, 0.3) is 0 Å². The summed E-state index contributed by atoms with van der Waals surface area (Å²) in [7, 11) is 0. The number of piperidine rings is 1. The number of carbonyl (C=O) groups is 1. The van der Waals surface area contributed by atoms with Crippen LogP contribution in [0.3, 0.4) is 0 Å². The zero-order chi connectivity index (χ0) is 14.5. The van der Waals surface area contributed by atoms with E-state index in [1.54, 1.807) is 18.2 Å². The van der Waals surface area contributed by atoms with Gasteiger partial charge in [0.15, 0.2) is 6.61 Å². The molecule has 1 aliphatic heterocycles. The average molecular weight is 317 g/mol. The highest BCUT2D eigenvalue weighted by molar-refractivity contribution is 6.34. The van der Waals surface area contributed by atoms with Crippen molar-refractivity contribution in [2.75, 3.05) is 19.7 Å². The lowest BCUT2D eigenvalue weighted by Gasteiger charge is -2.34. The number of nitrogens with two attached hydrogens (primary N) is 1. The molecule has 6 heteroatoms. The van der Waals surface area contributed by atoms with Crippen LogP contribution < -0.4 is 10.5 Å². The summed E-state index contributed by atoms with van der Waals surface area (Å²) >= 11 is 11.8. The Hall–Kier alpha value is -0.970. The first-order chi connectivity index (χ1) is 9.60. The van der Waals surface area contributed by atoms with Crippen LogP contribution in [-0.2, 0) is 4.79 Å². The molecule has 20 heavy (non-hydrogen) atoms.